The zero-order chi connectivity index (χ0) is 24.1. The molecule has 180 valence electrons. The molecule has 1 aliphatic rings. The third-order valence-corrected chi connectivity index (χ3v) is 7.62. The topological polar surface area (TPSA) is 81.5 Å². The maximum absolute atomic E-state index is 13.3. The van der Waals surface area contributed by atoms with Crippen LogP contribution in [-0.4, -0.2) is 49.0 Å². The predicted molar refractivity (Wildman–Crippen MR) is 130 cm³/mol. The lowest BCUT2D eigenvalue weighted by molar-refractivity contribution is 0.0729. The molecule has 0 radical (unpaired) electrons. The Balaban J connectivity index is 1.64. The summed E-state index contributed by atoms with van der Waals surface area (Å²) < 4.78 is 33.4. The number of benzene rings is 2. The molecule has 0 aliphatic heterocycles. The lowest BCUT2D eigenvalue weighted by Crippen LogP contribution is -2.33. The summed E-state index contributed by atoms with van der Waals surface area (Å²) >= 11 is 6.11. The molecule has 9 heteroatoms. The van der Waals surface area contributed by atoms with Crippen molar-refractivity contribution in [2.75, 3.05) is 20.3 Å². The number of imidazole rings is 1. The molecule has 1 amide bonds. The van der Waals surface area contributed by atoms with Gasteiger partial charge in [-0.25, -0.2) is 13.4 Å². The second-order valence-corrected chi connectivity index (χ2v) is 10.9. The summed E-state index contributed by atoms with van der Waals surface area (Å²) in [6.07, 6.45) is 3.72. The molecule has 1 fully saturated rings. The van der Waals surface area contributed by atoms with E-state index in [4.69, 9.17) is 16.3 Å². The molecule has 0 spiro atoms. The maximum atomic E-state index is 13.3. The first-order chi connectivity index (χ1) is 16.4. The fourth-order valence-electron chi connectivity index (χ4n) is 3.88. The largest absolute Gasteiger partial charge is 0.383 e. The number of halogens is 1. The second-order valence-electron chi connectivity index (χ2n) is 8.56. The van der Waals surface area contributed by atoms with Gasteiger partial charge in [-0.3, -0.25) is 4.79 Å². The quantitative estimate of drug-likeness (QED) is 0.393. The lowest BCUT2D eigenvalue weighted by atomic mass is 10.2. The Kier molecular flexibility index (Phi) is 7.70. The maximum Gasteiger partial charge on any atom is 0.254 e. The normalized spacial score (nSPS) is 13.7. The van der Waals surface area contributed by atoms with Gasteiger partial charge in [0, 0.05) is 30.8 Å². The van der Waals surface area contributed by atoms with Gasteiger partial charge in [-0.15, -0.1) is 0 Å². The van der Waals surface area contributed by atoms with Crippen LogP contribution < -0.4 is 0 Å². The van der Waals surface area contributed by atoms with Crippen molar-refractivity contribution in [2.45, 2.75) is 36.8 Å². The fraction of sp³-hybridized carbons (Fsp3) is 0.360. The van der Waals surface area contributed by atoms with Crippen molar-refractivity contribution in [3.8, 4) is 0 Å². The molecule has 0 unspecified atom stereocenters. The summed E-state index contributed by atoms with van der Waals surface area (Å²) in [4.78, 5) is 19.4. The first-order valence-corrected chi connectivity index (χ1v) is 13.3. The number of nitrogens with zero attached hydrogens (tertiary/aromatic N) is 3. The van der Waals surface area contributed by atoms with E-state index < -0.39 is 9.84 Å². The molecular formula is C25H28ClN3O4S. The van der Waals surface area contributed by atoms with Crippen molar-refractivity contribution in [2.24, 2.45) is 5.92 Å². The minimum atomic E-state index is -3.70. The summed E-state index contributed by atoms with van der Waals surface area (Å²) in [6.45, 7) is 1.49. The molecule has 7 nitrogen and oxygen atoms in total. The summed E-state index contributed by atoms with van der Waals surface area (Å²) in [5.41, 5.74) is 1.85. The van der Waals surface area contributed by atoms with Crippen LogP contribution in [0, 0.1) is 5.92 Å². The molecule has 0 bridgehead atoms. The highest BCUT2D eigenvalue weighted by molar-refractivity contribution is 7.90. The third kappa shape index (κ3) is 6.05. The number of sulfone groups is 1. The monoisotopic (exact) mass is 501 g/mol. The number of aromatic nitrogens is 2. The minimum Gasteiger partial charge on any atom is -0.383 e. The highest BCUT2D eigenvalue weighted by atomic mass is 35.5. The van der Waals surface area contributed by atoms with Crippen LogP contribution in [0.3, 0.4) is 0 Å². The minimum absolute atomic E-state index is 0.00928. The van der Waals surface area contributed by atoms with Crippen molar-refractivity contribution in [3.63, 3.8) is 0 Å². The van der Waals surface area contributed by atoms with Gasteiger partial charge < -0.3 is 14.2 Å². The number of hydrogen-bond donors (Lipinski definition) is 0. The SMILES string of the molecule is COCCn1c(CN(CC2CC2)C(=O)c2cccc(Cl)c2)cnc1S(=O)(=O)Cc1ccccc1. The zero-order valence-corrected chi connectivity index (χ0v) is 20.6. The zero-order valence-electron chi connectivity index (χ0n) is 19.1. The first-order valence-electron chi connectivity index (χ1n) is 11.2. The van der Waals surface area contributed by atoms with Crippen molar-refractivity contribution in [1.29, 1.82) is 0 Å². The molecular weight excluding hydrogens is 474 g/mol. The first kappa shape index (κ1) is 24.4. The van der Waals surface area contributed by atoms with E-state index in [1.165, 1.54) is 0 Å². The Morgan fingerprint density at radius 2 is 1.94 bits per heavy atom. The van der Waals surface area contributed by atoms with Crippen LogP contribution in [0.4, 0.5) is 0 Å². The number of ether oxygens (including phenoxy) is 1. The number of hydrogen-bond acceptors (Lipinski definition) is 5. The Morgan fingerprint density at radius 1 is 1.18 bits per heavy atom. The average Bonchev–Trinajstić information content (AvgIpc) is 3.54. The molecule has 0 N–H and O–H groups in total. The average molecular weight is 502 g/mol. The van der Waals surface area contributed by atoms with Gasteiger partial charge in [0.25, 0.3) is 5.91 Å². The Morgan fingerprint density at radius 3 is 2.62 bits per heavy atom. The van der Waals surface area contributed by atoms with Gasteiger partial charge in [0.1, 0.15) is 0 Å². The van der Waals surface area contributed by atoms with Crippen LogP contribution >= 0.6 is 11.6 Å². The molecule has 34 heavy (non-hydrogen) atoms. The fourth-order valence-corrected chi connectivity index (χ4v) is 5.59. The number of amides is 1. The van der Waals surface area contributed by atoms with Crippen molar-refractivity contribution in [3.05, 3.63) is 82.6 Å². The molecule has 2 aromatic carbocycles. The molecule has 1 heterocycles. The van der Waals surface area contributed by atoms with Gasteiger partial charge in [0.15, 0.2) is 0 Å². The van der Waals surface area contributed by atoms with E-state index in [1.807, 2.05) is 18.2 Å². The summed E-state index contributed by atoms with van der Waals surface area (Å²) in [5, 5.41) is 0.488. The van der Waals surface area contributed by atoms with E-state index in [2.05, 4.69) is 4.98 Å². The smallest absolute Gasteiger partial charge is 0.254 e. The Hall–Kier alpha value is -2.68. The van der Waals surface area contributed by atoms with E-state index >= 15 is 0 Å². The van der Waals surface area contributed by atoms with Gasteiger partial charge in [0.2, 0.25) is 15.0 Å². The van der Waals surface area contributed by atoms with Crippen molar-refractivity contribution >= 4 is 27.3 Å². The van der Waals surface area contributed by atoms with E-state index in [-0.39, 0.29) is 23.4 Å². The van der Waals surface area contributed by atoms with Crippen LogP contribution in [0.25, 0.3) is 0 Å². The molecule has 1 aliphatic carbocycles. The molecule has 1 saturated carbocycles. The van der Waals surface area contributed by atoms with Gasteiger partial charge >= 0.3 is 0 Å². The van der Waals surface area contributed by atoms with E-state index in [9.17, 15) is 13.2 Å². The summed E-state index contributed by atoms with van der Waals surface area (Å²) in [6, 6.07) is 15.9. The van der Waals surface area contributed by atoms with Gasteiger partial charge in [-0.2, -0.15) is 0 Å². The molecule has 0 atom stereocenters. The van der Waals surface area contributed by atoms with Gasteiger partial charge in [-0.05, 0) is 42.5 Å². The van der Waals surface area contributed by atoms with Gasteiger partial charge in [-0.1, -0.05) is 48.0 Å². The summed E-state index contributed by atoms with van der Waals surface area (Å²) in [5.74, 6) is 0.173. The number of carbonyl (C=O) groups excluding carboxylic acids is 1. The molecule has 4 rings (SSSR count). The van der Waals surface area contributed by atoms with Gasteiger partial charge in [0.05, 0.1) is 30.8 Å². The number of methoxy groups -OCH3 is 1. The third-order valence-electron chi connectivity index (χ3n) is 5.79. The van der Waals surface area contributed by atoms with Crippen molar-refractivity contribution < 1.29 is 17.9 Å². The van der Waals surface area contributed by atoms with Crippen LogP contribution in [0.15, 0.2) is 66.0 Å². The van der Waals surface area contributed by atoms with Crippen LogP contribution in [0.2, 0.25) is 5.02 Å². The highest BCUT2D eigenvalue weighted by Gasteiger charge is 2.30. The predicted octanol–water partition coefficient (Wildman–Crippen LogP) is 4.21. The lowest BCUT2D eigenvalue weighted by Gasteiger charge is -2.24. The van der Waals surface area contributed by atoms with Crippen LogP contribution in [-0.2, 0) is 33.4 Å². The van der Waals surface area contributed by atoms with E-state index in [1.54, 1.807) is 59.2 Å². The Bertz CT molecular complexity index is 1240. The molecule has 1 aromatic heterocycles. The summed E-state index contributed by atoms with van der Waals surface area (Å²) in [7, 11) is -2.14. The highest BCUT2D eigenvalue weighted by Crippen LogP contribution is 2.31. The van der Waals surface area contributed by atoms with Crippen molar-refractivity contribution in [1.82, 2.24) is 14.5 Å². The standard InChI is InChI=1S/C25H28ClN3O4S/c1-33-13-12-29-23(15-27-25(29)34(31,32)18-20-6-3-2-4-7-20)17-28(16-19-10-11-19)24(30)21-8-5-9-22(26)14-21/h2-9,14-15,19H,10-13,16-18H2,1H3. The van der Waals surface area contributed by atoms with Crippen LogP contribution in [0.1, 0.15) is 34.5 Å². The van der Waals surface area contributed by atoms with E-state index in [0.29, 0.717) is 47.5 Å². The Labute approximate surface area is 205 Å². The number of rotatable bonds is 11. The van der Waals surface area contributed by atoms with E-state index in [0.717, 1.165) is 12.8 Å². The second kappa shape index (κ2) is 10.7. The molecule has 0 saturated heterocycles. The van der Waals surface area contributed by atoms with Crippen LogP contribution in [0.5, 0.6) is 0 Å². The molecule has 3 aromatic rings. The number of carbonyl (C=O) groups is 1.